The molecule has 5 heteroatoms. The Morgan fingerprint density at radius 2 is 1.78 bits per heavy atom. The third-order valence-corrected chi connectivity index (χ3v) is 5.23. The van der Waals surface area contributed by atoms with Crippen LogP contribution in [0.2, 0.25) is 0 Å². The molecule has 3 rings (SSSR count). The van der Waals surface area contributed by atoms with Gasteiger partial charge in [-0.25, -0.2) is 4.79 Å². The van der Waals surface area contributed by atoms with E-state index in [1.54, 1.807) is 14.2 Å². The number of methoxy groups -OCH3 is 2. The Balaban J connectivity index is 2.22. The maximum atomic E-state index is 12.8. The second-order valence-corrected chi connectivity index (χ2v) is 7.29. The molecular formula is C27H30O5. The molecule has 0 radical (unpaired) electrons. The summed E-state index contributed by atoms with van der Waals surface area (Å²) in [5.74, 6) is 0.902. The van der Waals surface area contributed by atoms with Gasteiger partial charge in [0.05, 0.1) is 13.7 Å². The van der Waals surface area contributed by atoms with Gasteiger partial charge in [-0.2, -0.15) is 0 Å². The van der Waals surface area contributed by atoms with Crippen LogP contribution in [0.25, 0.3) is 16.8 Å². The van der Waals surface area contributed by atoms with E-state index in [4.69, 9.17) is 18.9 Å². The molecule has 0 saturated heterocycles. The molecule has 0 aliphatic carbocycles. The molecule has 0 spiro atoms. The smallest absolute Gasteiger partial charge is 0.334 e. The molecule has 0 fully saturated rings. The van der Waals surface area contributed by atoms with E-state index in [1.165, 1.54) is 0 Å². The van der Waals surface area contributed by atoms with Gasteiger partial charge in [0.15, 0.2) is 18.3 Å². The van der Waals surface area contributed by atoms with Gasteiger partial charge in [-0.3, -0.25) is 0 Å². The first kappa shape index (κ1) is 23.4. The first-order valence-corrected chi connectivity index (χ1v) is 10.8. The van der Waals surface area contributed by atoms with Crippen molar-refractivity contribution in [3.05, 3.63) is 76.9 Å². The predicted octanol–water partition coefficient (Wildman–Crippen LogP) is 5.58. The average molecular weight is 435 g/mol. The summed E-state index contributed by atoms with van der Waals surface area (Å²) >= 11 is 0. The minimum atomic E-state index is -0.324. The van der Waals surface area contributed by atoms with E-state index in [0.717, 1.165) is 33.9 Å². The van der Waals surface area contributed by atoms with Crippen molar-refractivity contribution in [1.29, 1.82) is 0 Å². The van der Waals surface area contributed by atoms with E-state index in [-0.39, 0.29) is 12.8 Å². The van der Waals surface area contributed by atoms with E-state index in [9.17, 15) is 4.79 Å². The van der Waals surface area contributed by atoms with Crippen LogP contribution >= 0.6 is 0 Å². The highest BCUT2D eigenvalue weighted by Crippen LogP contribution is 2.41. The zero-order chi connectivity index (χ0) is 22.9. The fourth-order valence-corrected chi connectivity index (χ4v) is 3.75. The van der Waals surface area contributed by atoms with Crippen LogP contribution in [-0.4, -0.2) is 33.6 Å². The molecule has 0 aliphatic heterocycles. The molecule has 0 saturated carbocycles. The Morgan fingerprint density at radius 3 is 2.44 bits per heavy atom. The molecule has 0 heterocycles. The SMILES string of the molecule is CCOC(=O)/C(=C/c1cc(OC)c(OCOC)c2c(CC)cccc12)Cc1ccccc1. The van der Waals surface area contributed by atoms with Gasteiger partial charge in [0.1, 0.15) is 0 Å². The number of hydrogen-bond donors (Lipinski definition) is 0. The van der Waals surface area contributed by atoms with Crippen LogP contribution in [0.15, 0.2) is 60.2 Å². The lowest BCUT2D eigenvalue weighted by atomic mass is 9.94. The lowest BCUT2D eigenvalue weighted by Crippen LogP contribution is -2.10. The molecule has 0 unspecified atom stereocenters. The summed E-state index contributed by atoms with van der Waals surface area (Å²) in [5.41, 5.74) is 3.62. The lowest BCUT2D eigenvalue weighted by Gasteiger charge is -2.18. The van der Waals surface area contributed by atoms with Gasteiger partial charge in [-0.15, -0.1) is 0 Å². The fraction of sp³-hybridized carbons (Fsp3) is 0.296. The zero-order valence-corrected chi connectivity index (χ0v) is 19.1. The van der Waals surface area contributed by atoms with Crippen molar-refractivity contribution < 1.29 is 23.7 Å². The summed E-state index contributed by atoms with van der Waals surface area (Å²) in [7, 11) is 3.20. The molecule has 32 heavy (non-hydrogen) atoms. The second kappa shape index (κ2) is 11.3. The van der Waals surface area contributed by atoms with Crippen LogP contribution < -0.4 is 9.47 Å². The van der Waals surface area contributed by atoms with E-state index in [1.807, 2.05) is 61.5 Å². The zero-order valence-electron chi connectivity index (χ0n) is 19.1. The highest BCUT2D eigenvalue weighted by molar-refractivity contribution is 6.03. The minimum absolute atomic E-state index is 0.112. The van der Waals surface area contributed by atoms with Crippen LogP contribution in [0.4, 0.5) is 0 Å². The molecule has 0 aromatic heterocycles. The Hall–Kier alpha value is -3.31. The van der Waals surface area contributed by atoms with Crippen molar-refractivity contribution in [2.75, 3.05) is 27.6 Å². The van der Waals surface area contributed by atoms with Crippen LogP contribution in [0.1, 0.15) is 30.5 Å². The van der Waals surface area contributed by atoms with E-state index in [2.05, 4.69) is 13.0 Å². The number of benzene rings is 3. The fourth-order valence-electron chi connectivity index (χ4n) is 3.75. The largest absolute Gasteiger partial charge is 0.493 e. The molecule has 3 aromatic carbocycles. The van der Waals surface area contributed by atoms with Gasteiger partial charge >= 0.3 is 5.97 Å². The standard InChI is InChI=1S/C27H30O5/c1-5-20-13-10-14-23-21(17-24(30-4)26(25(20)23)32-18-29-3)16-22(27(28)31-6-2)15-19-11-8-7-9-12-19/h7-14,16-17H,5-6,15,18H2,1-4H3/b22-16+. The van der Waals surface area contributed by atoms with E-state index < -0.39 is 0 Å². The highest BCUT2D eigenvalue weighted by Gasteiger charge is 2.18. The molecular weight excluding hydrogens is 404 g/mol. The average Bonchev–Trinajstić information content (AvgIpc) is 2.83. The topological polar surface area (TPSA) is 54.0 Å². The van der Waals surface area contributed by atoms with Crippen molar-refractivity contribution in [3.8, 4) is 11.5 Å². The number of carbonyl (C=O) groups excluding carboxylic acids is 1. The molecule has 0 aliphatic rings. The van der Waals surface area contributed by atoms with E-state index >= 15 is 0 Å². The number of esters is 1. The molecule has 168 valence electrons. The lowest BCUT2D eigenvalue weighted by molar-refractivity contribution is -0.138. The molecule has 0 bridgehead atoms. The van der Waals surface area contributed by atoms with Crippen LogP contribution in [0.3, 0.4) is 0 Å². The maximum absolute atomic E-state index is 12.8. The number of aryl methyl sites for hydroxylation is 1. The minimum Gasteiger partial charge on any atom is -0.493 e. The van der Waals surface area contributed by atoms with Gasteiger partial charge in [-0.05, 0) is 47.6 Å². The third-order valence-electron chi connectivity index (χ3n) is 5.23. The second-order valence-electron chi connectivity index (χ2n) is 7.29. The third kappa shape index (κ3) is 5.29. The van der Waals surface area contributed by atoms with Crippen molar-refractivity contribution in [3.63, 3.8) is 0 Å². The molecule has 0 amide bonds. The quantitative estimate of drug-likeness (QED) is 0.237. The molecule has 0 atom stereocenters. The van der Waals surface area contributed by atoms with Crippen molar-refractivity contribution in [2.45, 2.75) is 26.7 Å². The van der Waals surface area contributed by atoms with E-state index in [0.29, 0.717) is 30.1 Å². The Labute approximate surface area is 189 Å². The van der Waals surface area contributed by atoms with Gasteiger partial charge in [0, 0.05) is 24.5 Å². The Morgan fingerprint density at radius 1 is 1.00 bits per heavy atom. The van der Waals surface area contributed by atoms with Crippen LogP contribution in [-0.2, 0) is 27.1 Å². The summed E-state index contributed by atoms with van der Waals surface area (Å²) in [6, 6.07) is 17.9. The van der Waals surface area contributed by atoms with Gasteiger partial charge in [0.25, 0.3) is 0 Å². The normalized spacial score (nSPS) is 11.4. The predicted molar refractivity (Wildman–Crippen MR) is 127 cm³/mol. The molecule has 5 nitrogen and oxygen atoms in total. The summed E-state index contributed by atoms with van der Waals surface area (Å²) in [6.07, 6.45) is 3.19. The number of rotatable bonds is 10. The van der Waals surface area contributed by atoms with Gasteiger partial charge in [0.2, 0.25) is 0 Å². The summed E-state index contributed by atoms with van der Waals surface area (Å²) in [5, 5.41) is 1.94. The van der Waals surface area contributed by atoms with Crippen molar-refractivity contribution >= 4 is 22.8 Å². The van der Waals surface area contributed by atoms with Crippen LogP contribution in [0, 0.1) is 0 Å². The van der Waals surface area contributed by atoms with Gasteiger partial charge < -0.3 is 18.9 Å². The summed E-state index contributed by atoms with van der Waals surface area (Å²) < 4.78 is 22.1. The summed E-state index contributed by atoms with van der Waals surface area (Å²) in [4.78, 5) is 12.8. The number of hydrogen-bond acceptors (Lipinski definition) is 5. The first-order chi connectivity index (χ1) is 15.6. The monoisotopic (exact) mass is 434 g/mol. The van der Waals surface area contributed by atoms with Crippen molar-refractivity contribution in [1.82, 2.24) is 0 Å². The highest BCUT2D eigenvalue weighted by atomic mass is 16.7. The number of fused-ring (bicyclic) bond motifs is 1. The maximum Gasteiger partial charge on any atom is 0.334 e. The Bertz CT molecular complexity index is 1090. The Kier molecular flexibility index (Phi) is 8.28. The number of carbonyl (C=O) groups is 1. The first-order valence-electron chi connectivity index (χ1n) is 10.8. The van der Waals surface area contributed by atoms with Gasteiger partial charge in [-0.1, -0.05) is 55.5 Å². The number of ether oxygens (including phenoxy) is 4. The van der Waals surface area contributed by atoms with Crippen molar-refractivity contribution in [2.24, 2.45) is 0 Å². The summed E-state index contributed by atoms with van der Waals surface area (Å²) in [6.45, 7) is 4.34. The molecule has 0 N–H and O–H groups in total. The van der Waals surface area contributed by atoms with Crippen LogP contribution in [0.5, 0.6) is 11.5 Å². The molecule has 3 aromatic rings.